The first kappa shape index (κ1) is 15.7. The number of ether oxygens (including phenoxy) is 1. The molecule has 0 radical (unpaired) electrons. The zero-order chi connectivity index (χ0) is 15.4. The number of rotatable bonds is 3. The van der Waals surface area contributed by atoms with Crippen LogP contribution in [0, 0.1) is 5.92 Å². The summed E-state index contributed by atoms with van der Waals surface area (Å²) in [6.45, 7) is 5.16. The molecule has 6 heteroatoms. The Morgan fingerprint density at radius 1 is 1.05 bits per heavy atom. The quantitative estimate of drug-likeness (QED) is 0.758. The molecule has 0 aromatic heterocycles. The van der Waals surface area contributed by atoms with Gasteiger partial charge in [-0.1, -0.05) is 12.8 Å². The predicted molar refractivity (Wildman–Crippen MR) is 82.3 cm³/mol. The van der Waals surface area contributed by atoms with Gasteiger partial charge in [0.1, 0.15) is 0 Å². The van der Waals surface area contributed by atoms with E-state index in [1.165, 1.54) is 25.7 Å². The van der Waals surface area contributed by atoms with Crippen LogP contribution in [0.5, 0.6) is 0 Å². The second-order valence-electron chi connectivity index (χ2n) is 6.71. The Labute approximate surface area is 132 Å². The highest BCUT2D eigenvalue weighted by atomic mass is 16.5. The third-order valence-corrected chi connectivity index (χ3v) is 5.21. The largest absolute Gasteiger partial charge is 0.381 e. The van der Waals surface area contributed by atoms with Crippen molar-refractivity contribution in [1.29, 1.82) is 0 Å². The molecule has 124 valence electrons. The molecule has 0 aromatic carbocycles. The summed E-state index contributed by atoms with van der Waals surface area (Å²) < 4.78 is 5.27. The van der Waals surface area contributed by atoms with Crippen LogP contribution >= 0.6 is 0 Å². The van der Waals surface area contributed by atoms with Crippen LogP contribution < -0.4 is 5.32 Å². The molecule has 0 spiro atoms. The van der Waals surface area contributed by atoms with Gasteiger partial charge in [0.15, 0.2) is 0 Å². The Bertz CT molecular complexity index is 395. The number of carbonyl (C=O) groups excluding carboxylic acids is 2. The highest BCUT2D eigenvalue weighted by Gasteiger charge is 2.30. The lowest BCUT2D eigenvalue weighted by Crippen LogP contribution is -2.54. The van der Waals surface area contributed by atoms with Crippen LogP contribution in [-0.4, -0.2) is 73.6 Å². The van der Waals surface area contributed by atoms with Gasteiger partial charge in [0, 0.05) is 51.3 Å². The minimum Gasteiger partial charge on any atom is -0.381 e. The van der Waals surface area contributed by atoms with Crippen molar-refractivity contribution >= 4 is 11.8 Å². The van der Waals surface area contributed by atoms with Crippen molar-refractivity contribution in [2.24, 2.45) is 5.92 Å². The predicted octanol–water partition coefficient (Wildman–Crippen LogP) is 0.226. The third-order valence-electron chi connectivity index (χ3n) is 5.21. The lowest BCUT2D eigenvalue weighted by molar-refractivity contribution is -0.147. The molecular formula is C16H27N3O3. The molecule has 1 unspecified atom stereocenters. The molecule has 2 heterocycles. The number of amides is 2. The van der Waals surface area contributed by atoms with Crippen molar-refractivity contribution in [3.63, 3.8) is 0 Å². The molecule has 22 heavy (non-hydrogen) atoms. The molecule has 1 N–H and O–H groups in total. The maximum absolute atomic E-state index is 12.2. The number of hydrogen-bond acceptors (Lipinski definition) is 4. The average molecular weight is 309 g/mol. The molecule has 2 aliphatic heterocycles. The molecule has 0 bridgehead atoms. The van der Waals surface area contributed by atoms with E-state index in [-0.39, 0.29) is 5.91 Å². The Kier molecular flexibility index (Phi) is 5.31. The van der Waals surface area contributed by atoms with Crippen molar-refractivity contribution in [2.45, 2.75) is 38.1 Å². The summed E-state index contributed by atoms with van der Waals surface area (Å²) in [6, 6.07) is 0.702. The van der Waals surface area contributed by atoms with Crippen molar-refractivity contribution in [3.05, 3.63) is 0 Å². The SMILES string of the molecule is O=C(NCC1CCOC1)C(=O)N1CCN(C2CCCC2)CC1. The topological polar surface area (TPSA) is 61.9 Å². The van der Waals surface area contributed by atoms with Crippen molar-refractivity contribution in [1.82, 2.24) is 15.1 Å². The van der Waals surface area contributed by atoms with E-state index < -0.39 is 5.91 Å². The van der Waals surface area contributed by atoms with E-state index in [2.05, 4.69) is 10.2 Å². The minimum atomic E-state index is -0.457. The number of nitrogens with zero attached hydrogens (tertiary/aromatic N) is 2. The van der Waals surface area contributed by atoms with Gasteiger partial charge in [-0.3, -0.25) is 14.5 Å². The molecule has 0 aromatic rings. The van der Waals surface area contributed by atoms with Gasteiger partial charge in [-0.15, -0.1) is 0 Å². The van der Waals surface area contributed by atoms with Gasteiger partial charge in [0.2, 0.25) is 0 Å². The number of piperazine rings is 1. The number of carbonyl (C=O) groups is 2. The highest BCUT2D eigenvalue weighted by Crippen LogP contribution is 2.24. The van der Waals surface area contributed by atoms with Crippen LogP contribution in [0.25, 0.3) is 0 Å². The van der Waals surface area contributed by atoms with Crippen molar-refractivity contribution < 1.29 is 14.3 Å². The summed E-state index contributed by atoms with van der Waals surface area (Å²) in [4.78, 5) is 28.4. The highest BCUT2D eigenvalue weighted by molar-refractivity contribution is 6.35. The van der Waals surface area contributed by atoms with E-state index in [1.807, 2.05) is 0 Å². The Morgan fingerprint density at radius 3 is 2.41 bits per heavy atom. The van der Waals surface area contributed by atoms with Crippen LogP contribution in [0.2, 0.25) is 0 Å². The maximum Gasteiger partial charge on any atom is 0.311 e. The smallest absolute Gasteiger partial charge is 0.311 e. The first-order valence-electron chi connectivity index (χ1n) is 8.63. The third kappa shape index (κ3) is 3.79. The molecule has 3 rings (SSSR count). The Balaban J connectivity index is 1.39. The molecule has 1 saturated carbocycles. The van der Waals surface area contributed by atoms with Crippen LogP contribution in [0.15, 0.2) is 0 Å². The molecule has 3 fully saturated rings. The van der Waals surface area contributed by atoms with Crippen LogP contribution in [0.1, 0.15) is 32.1 Å². The minimum absolute atomic E-state index is 0.357. The molecule has 1 aliphatic carbocycles. The van der Waals surface area contributed by atoms with Gasteiger partial charge in [-0.25, -0.2) is 0 Å². The standard InChI is InChI=1S/C16H27N3O3/c20-15(17-11-13-5-10-22-12-13)16(21)19-8-6-18(7-9-19)14-3-1-2-4-14/h13-14H,1-12H2,(H,17,20). The lowest BCUT2D eigenvalue weighted by Gasteiger charge is -2.37. The number of nitrogens with one attached hydrogen (secondary N) is 1. The Morgan fingerprint density at radius 2 is 1.77 bits per heavy atom. The second-order valence-corrected chi connectivity index (χ2v) is 6.71. The second kappa shape index (κ2) is 7.42. The van der Waals surface area contributed by atoms with E-state index in [0.717, 1.165) is 26.1 Å². The van der Waals surface area contributed by atoms with Gasteiger partial charge in [0.05, 0.1) is 6.61 Å². The fourth-order valence-electron chi connectivity index (χ4n) is 3.76. The summed E-state index contributed by atoms with van der Waals surface area (Å²) in [5, 5.41) is 2.76. The number of hydrogen-bond donors (Lipinski definition) is 1. The van der Waals surface area contributed by atoms with E-state index in [9.17, 15) is 9.59 Å². The first-order chi connectivity index (χ1) is 10.7. The summed E-state index contributed by atoms with van der Waals surface area (Å²) in [5.74, 6) is -0.470. The van der Waals surface area contributed by atoms with Gasteiger partial charge in [0.25, 0.3) is 0 Å². The van der Waals surface area contributed by atoms with E-state index in [1.54, 1.807) is 4.90 Å². The summed E-state index contributed by atoms with van der Waals surface area (Å²) >= 11 is 0. The van der Waals surface area contributed by atoms with Gasteiger partial charge >= 0.3 is 11.8 Å². The van der Waals surface area contributed by atoms with E-state index >= 15 is 0 Å². The normalized spacial score (nSPS) is 27.3. The van der Waals surface area contributed by atoms with Crippen LogP contribution in [-0.2, 0) is 14.3 Å². The lowest BCUT2D eigenvalue weighted by atomic mass is 10.1. The van der Waals surface area contributed by atoms with E-state index in [0.29, 0.717) is 38.2 Å². The fraction of sp³-hybridized carbons (Fsp3) is 0.875. The Hall–Kier alpha value is -1.14. The molecule has 2 amide bonds. The fourth-order valence-corrected chi connectivity index (χ4v) is 3.76. The van der Waals surface area contributed by atoms with Crippen LogP contribution in [0.4, 0.5) is 0 Å². The molecule has 6 nitrogen and oxygen atoms in total. The average Bonchev–Trinajstić information content (AvgIpc) is 3.25. The van der Waals surface area contributed by atoms with Crippen LogP contribution in [0.3, 0.4) is 0 Å². The van der Waals surface area contributed by atoms with E-state index in [4.69, 9.17) is 4.74 Å². The summed E-state index contributed by atoms with van der Waals surface area (Å²) in [6.07, 6.45) is 6.21. The monoisotopic (exact) mass is 309 g/mol. The summed E-state index contributed by atoms with van der Waals surface area (Å²) in [5.41, 5.74) is 0. The molecule has 1 atom stereocenters. The molecular weight excluding hydrogens is 282 g/mol. The molecule has 3 aliphatic rings. The summed E-state index contributed by atoms with van der Waals surface area (Å²) in [7, 11) is 0. The van der Waals surface area contributed by atoms with Gasteiger partial charge < -0.3 is 15.0 Å². The van der Waals surface area contributed by atoms with Crippen molar-refractivity contribution in [2.75, 3.05) is 45.9 Å². The van der Waals surface area contributed by atoms with Crippen molar-refractivity contribution in [3.8, 4) is 0 Å². The molecule has 2 saturated heterocycles. The van der Waals surface area contributed by atoms with Gasteiger partial charge in [-0.05, 0) is 19.3 Å². The zero-order valence-corrected chi connectivity index (χ0v) is 13.3. The first-order valence-corrected chi connectivity index (χ1v) is 8.63. The zero-order valence-electron chi connectivity index (χ0n) is 13.3. The maximum atomic E-state index is 12.2. The van der Waals surface area contributed by atoms with Gasteiger partial charge in [-0.2, -0.15) is 0 Å².